The molecule has 2 aromatic rings. The number of likely N-dealkylation sites (tertiary alicyclic amines) is 1. The molecule has 0 saturated carbocycles. The molecule has 2 amide bonds. The molecular formula is C23H28N2O4. The number of ether oxygens (including phenoxy) is 2. The van der Waals surface area contributed by atoms with Crippen LogP contribution in [0, 0.1) is 5.92 Å². The monoisotopic (exact) mass is 396 g/mol. The van der Waals surface area contributed by atoms with Crippen molar-refractivity contribution in [2.75, 3.05) is 32.6 Å². The van der Waals surface area contributed by atoms with Gasteiger partial charge in [-0.2, -0.15) is 0 Å². The molecule has 1 aliphatic heterocycles. The van der Waals surface area contributed by atoms with E-state index in [1.54, 1.807) is 14.2 Å². The Morgan fingerprint density at radius 2 is 1.90 bits per heavy atom. The van der Waals surface area contributed by atoms with Gasteiger partial charge in [0.05, 0.1) is 20.1 Å². The topological polar surface area (TPSA) is 67.9 Å². The Morgan fingerprint density at radius 3 is 2.62 bits per heavy atom. The summed E-state index contributed by atoms with van der Waals surface area (Å²) in [4.78, 5) is 27.2. The highest BCUT2D eigenvalue weighted by Crippen LogP contribution is 2.26. The first-order valence-corrected chi connectivity index (χ1v) is 9.95. The molecule has 0 spiro atoms. The van der Waals surface area contributed by atoms with Crippen LogP contribution in [0.1, 0.15) is 24.8 Å². The summed E-state index contributed by atoms with van der Waals surface area (Å²) in [5, 5.41) is 2.95. The standard InChI is InChI=1S/C23H28N2O4/c1-28-20-11-12-21(29-2)17(15-20)10-13-22(26)25-14-6-7-18(16-25)23(27)24-19-8-4-3-5-9-19/h3-5,8-9,11-12,15,18H,6-7,10,13-14,16H2,1-2H3,(H,24,27). The molecule has 1 aliphatic rings. The van der Waals surface area contributed by atoms with Gasteiger partial charge < -0.3 is 19.7 Å². The molecule has 1 atom stereocenters. The summed E-state index contributed by atoms with van der Waals surface area (Å²) in [7, 11) is 3.23. The van der Waals surface area contributed by atoms with Crippen molar-refractivity contribution in [3.8, 4) is 11.5 Å². The van der Waals surface area contributed by atoms with Crippen LogP contribution in [0.2, 0.25) is 0 Å². The fraction of sp³-hybridized carbons (Fsp3) is 0.391. The Balaban J connectivity index is 1.56. The molecule has 1 unspecified atom stereocenters. The highest BCUT2D eigenvalue weighted by Gasteiger charge is 2.28. The van der Waals surface area contributed by atoms with Gasteiger partial charge in [0.15, 0.2) is 0 Å². The molecular weight excluding hydrogens is 368 g/mol. The number of carbonyl (C=O) groups excluding carboxylic acids is 2. The highest BCUT2D eigenvalue weighted by molar-refractivity contribution is 5.93. The molecule has 1 fully saturated rings. The second-order valence-electron chi connectivity index (χ2n) is 7.21. The van der Waals surface area contributed by atoms with E-state index in [0.29, 0.717) is 25.9 Å². The van der Waals surface area contributed by atoms with Gasteiger partial charge >= 0.3 is 0 Å². The maximum Gasteiger partial charge on any atom is 0.229 e. The number of hydrogen-bond donors (Lipinski definition) is 1. The first kappa shape index (κ1) is 20.7. The number of para-hydroxylation sites is 1. The predicted molar refractivity (Wildman–Crippen MR) is 112 cm³/mol. The summed E-state index contributed by atoms with van der Waals surface area (Å²) in [5.74, 6) is 1.34. The summed E-state index contributed by atoms with van der Waals surface area (Å²) in [5.41, 5.74) is 1.72. The molecule has 6 nitrogen and oxygen atoms in total. The lowest BCUT2D eigenvalue weighted by atomic mass is 9.96. The van der Waals surface area contributed by atoms with Gasteiger partial charge in [-0.25, -0.2) is 0 Å². The second kappa shape index (κ2) is 9.96. The SMILES string of the molecule is COc1ccc(OC)c(CCC(=O)N2CCCC(C(=O)Nc3ccccc3)C2)c1. The van der Waals surface area contributed by atoms with Gasteiger partial charge in [-0.05, 0) is 55.2 Å². The number of nitrogens with one attached hydrogen (secondary N) is 1. The fourth-order valence-corrected chi connectivity index (χ4v) is 3.66. The summed E-state index contributed by atoms with van der Waals surface area (Å²) in [6.07, 6.45) is 2.57. The second-order valence-corrected chi connectivity index (χ2v) is 7.21. The van der Waals surface area contributed by atoms with Gasteiger partial charge in [0.1, 0.15) is 11.5 Å². The van der Waals surface area contributed by atoms with E-state index in [9.17, 15) is 9.59 Å². The van der Waals surface area contributed by atoms with Crippen molar-refractivity contribution in [3.63, 3.8) is 0 Å². The summed E-state index contributed by atoms with van der Waals surface area (Å²) in [6.45, 7) is 1.16. The summed E-state index contributed by atoms with van der Waals surface area (Å²) < 4.78 is 10.7. The first-order chi connectivity index (χ1) is 14.1. The third-order valence-corrected chi connectivity index (χ3v) is 5.28. The quantitative estimate of drug-likeness (QED) is 0.778. The zero-order valence-electron chi connectivity index (χ0n) is 17.0. The number of methoxy groups -OCH3 is 2. The molecule has 1 saturated heterocycles. The first-order valence-electron chi connectivity index (χ1n) is 9.95. The molecule has 2 aromatic carbocycles. The van der Waals surface area contributed by atoms with Crippen LogP contribution < -0.4 is 14.8 Å². The molecule has 29 heavy (non-hydrogen) atoms. The largest absolute Gasteiger partial charge is 0.497 e. The van der Waals surface area contributed by atoms with Gasteiger partial charge in [0, 0.05) is 25.2 Å². The van der Waals surface area contributed by atoms with E-state index in [-0.39, 0.29) is 17.7 Å². The number of hydrogen-bond acceptors (Lipinski definition) is 4. The van der Waals surface area contributed by atoms with Crippen LogP contribution in [0.3, 0.4) is 0 Å². The Labute approximate surface area is 171 Å². The smallest absolute Gasteiger partial charge is 0.229 e. The lowest BCUT2D eigenvalue weighted by molar-refractivity contribution is -0.134. The van der Waals surface area contributed by atoms with E-state index in [1.807, 2.05) is 53.4 Å². The molecule has 0 aromatic heterocycles. The molecule has 6 heteroatoms. The van der Waals surface area contributed by atoms with Crippen molar-refractivity contribution in [1.82, 2.24) is 4.90 Å². The molecule has 3 rings (SSSR count). The van der Waals surface area contributed by atoms with Gasteiger partial charge in [0.2, 0.25) is 11.8 Å². The van der Waals surface area contributed by atoms with E-state index in [4.69, 9.17) is 9.47 Å². The number of carbonyl (C=O) groups is 2. The van der Waals surface area contributed by atoms with Crippen molar-refractivity contribution < 1.29 is 19.1 Å². The Kier molecular flexibility index (Phi) is 7.11. The number of piperidine rings is 1. The lowest BCUT2D eigenvalue weighted by Crippen LogP contribution is -2.43. The van der Waals surface area contributed by atoms with Gasteiger partial charge in [-0.3, -0.25) is 9.59 Å². The van der Waals surface area contributed by atoms with E-state index in [1.165, 1.54) is 0 Å². The van der Waals surface area contributed by atoms with Crippen molar-refractivity contribution in [2.45, 2.75) is 25.7 Å². The Morgan fingerprint density at radius 1 is 1.10 bits per heavy atom. The maximum atomic E-state index is 12.8. The van der Waals surface area contributed by atoms with E-state index >= 15 is 0 Å². The van der Waals surface area contributed by atoms with Crippen molar-refractivity contribution in [2.24, 2.45) is 5.92 Å². The normalized spacial score (nSPS) is 16.2. The third kappa shape index (κ3) is 5.50. The Hall–Kier alpha value is -3.02. The van der Waals surface area contributed by atoms with Crippen LogP contribution in [-0.2, 0) is 16.0 Å². The van der Waals surface area contributed by atoms with Crippen molar-refractivity contribution in [1.29, 1.82) is 0 Å². The van der Waals surface area contributed by atoms with E-state index < -0.39 is 0 Å². The van der Waals surface area contributed by atoms with E-state index in [2.05, 4.69) is 5.32 Å². The summed E-state index contributed by atoms with van der Waals surface area (Å²) >= 11 is 0. The van der Waals surface area contributed by atoms with Crippen LogP contribution >= 0.6 is 0 Å². The number of benzene rings is 2. The molecule has 1 heterocycles. The van der Waals surface area contributed by atoms with Gasteiger partial charge in [-0.1, -0.05) is 18.2 Å². The van der Waals surface area contributed by atoms with Crippen LogP contribution in [0.5, 0.6) is 11.5 Å². The van der Waals surface area contributed by atoms with Crippen LogP contribution in [-0.4, -0.2) is 44.0 Å². The van der Waals surface area contributed by atoms with Crippen molar-refractivity contribution in [3.05, 3.63) is 54.1 Å². The molecule has 1 N–H and O–H groups in total. The number of amides is 2. The highest BCUT2D eigenvalue weighted by atomic mass is 16.5. The van der Waals surface area contributed by atoms with E-state index in [0.717, 1.165) is 35.6 Å². The zero-order valence-corrected chi connectivity index (χ0v) is 17.0. The van der Waals surface area contributed by atoms with Gasteiger partial charge in [0.25, 0.3) is 0 Å². The predicted octanol–water partition coefficient (Wildman–Crippen LogP) is 3.51. The molecule has 154 valence electrons. The lowest BCUT2D eigenvalue weighted by Gasteiger charge is -2.32. The number of rotatable bonds is 7. The minimum atomic E-state index is -0.181. The number of anilines is 1. The Bertz CT molecular complexity index is 838. The minimum Gasteiger partial charge on any atom is -0.497 e. The van der Waals surface area contributed by atoms with Crippen molar-refractivity contribution >= 4 is 17.5 Å². The molecule has 0 aliphatic carbocycles. The van der Waals surface area contributed by atoms with Crippen LogP contribution in [0.25, 0.3) is 0 Å². The average Bonchev–Trinajstić information content (AvgIpc) is 2.78. The number of aryl methyl sites for hydroxylation is 1. The maximum absolute atomic E-state index is 12.8. The van der Waals surface area contributed by atoms with Crippen LogP contribution in [0.4, 0.5) is 5.69 Å². The average molecular weight is 396 g/mol. The van der Waals surface area contributed by atoms with Crippen LogP contribution in [0.15, 0.2) is 48.5 Å². The third-order valence-electron chi connectivity index (χ3n) is 5.28. The fourth-order valence-electron chi connectivity index (χ4n) is 3.66. The molecule has 0 bridgehead atoms. The number of nitrogens with zero attached hydrogens (tertiary/aromatic N) is 1. The van der Waals surface area contributed by atoms with Gasteiger partial charge in [-0.15, -0.1) is 0 Å². The summed E-state index contributed by atoms with van der Waals surface area (Å²) in [6, 6.07) is 15.0. The minimum absolute atomic E-state index is 0.0248. The molecule has 0 radical (unpaired) electrons. The zero-order chi connectivity index (χ0) is 20.6.